The van der Waals surface area contributed by atoms with E-state index in [9.17, 15) is 18.7 Å². The van der Waals surface area contributed by atoms with Crippen LogP contribution in [0.3, 0.4) is 0 Å². The van der Waals surface area contributed by atoms with Crippen LogP contribution in [-0.2, 0) is 19.5 Å². The number of pyridine rings is 2. The highest BCUT2D eigenvalue weighted by Crippen LogP contribution is 2.29. The Labute approximate surface area is 201 Å². The van der Waals surface area contributed by atoms with E-state index >= 15 is 0 Å². The molecule has 0 radical (unpaired) electrons. The largest absolute Gasteiger partial charge is 0.394 e. The van der Waals surface area contributed by atoms with E-state index in [0.29, 0.717) is 38.9 Å². The molecule has 4 rings (SSSR count). The van der Waals surface area contributed by atoms with Crippen molar-refractivity contribution in [1.82, 2.24) is 19.3 Å². The van der Waals surface area contributed by atoms with Crippen LogP contribution in [0.25, 0.3) is 21.8 Å². The number of nitrogens with zero attached hydrogens (tertiary/aromatic N) is 4. The number of aromatic nitrogens is 4. The molecule has 0 bridgehead atoms. The maximum Gasteiger partial charge on any atom is 0.260 e. The third kappa shape index (κ3) is 4.73. The van der Waals surface area contributed by atoms with Gasteiger partial charge in [0.2, 0.25) is 0 Å². The normalized spacial score (nSPS) is 11.7. The average Bonchev–Trinajstić information content (AvgIpc) is 3.16. The molecule has 3 heterocycles. The van der Waals surface area contributed by atoms with Crippen molar-refractivity contribution < 1.29 is 13.9 Å². The fourth-order valence-corrected chi connectivity index (χ4v) is 4.78. The molecule has 0 aliphatic rings. The van der Waals surface area contributed by atoms with Gasteiger partial charge in [-0.3, -0.25) is 9.36 Å². The predicted molar refractivity (Wildman–Crippen MR) is 128 cm³/mol. The van der Waals surface area contributed by atoms with E-state index in [1.807, 2.05) is 19.1 Å². The van der Waals surface area contributed by atoms with E-state index in [1.165, 1.54) is 4.68 Å². The van der Waals surface area contributed by atoms with Crippen LogP contribution < -0.4 is 10.9 Å². The summed E-state index contributed by atoms with van der Waals surface area (Å²) >= 11 is 9.27. The molecular weight excluding hydrogens is 520 g/mol. The van der Waals surface area contributed by atoms with Crippen LogP contribution in [-0.4, -0.2) is 44.0 Å². The lowest BCUT2D eigenvalue weighted by molar-refractivity contribution is 0.126. The van der Waals surface area contributed by atoms with Gasteiger partial charge >= 0.3 is 0 Å². The lowest BCUT2D eigenvalue weighted by Gasteiger charge is -2.16. The lowest BCUT2D eigenvalue weighted by atomic mass is 9.98. The highest BCUT2D eigenvalue weighted by molar-refractivity contribution is 9.10. The van der Waals surface area contributed by atoms with Gasteiger partial charge in [-0.05, 0) is 53.0 Å². The fourth-order valence-electron chi connectivity index (χ4n) is 4.07. The summed E-state index contributed by atoms with van der Waals surface area (Å²) in [6.45, 7) is 1.52. The molecule has 0 amide bonds. The first-order valence-corrected chi connectivity index (χ1v) is 11.4. The van der Waals surface area contributed by atoms with Gasteiger partial charge in [0.15, 0.2) is 0 Å². The highest BCUT2D eigenvalue weighted by Gasteiger charge is 2.20. The number of aliphatic hydroxyl groups excluding tert-OH is 1. The molecule has 4 aromatic rings. The van der Waals surface area contributed by atoms with E-state index in [0.717, 1.165) is 21.4 Å². The minimum Gasteiger partial charge on any atom is -0.394 e. The molecule has 1 aromatic carbocycles. The number of nitrogens with one attached hydrogen (secondary N) is 1. The highest BCUT2D eigenvalue weighted by atomic mass is 79.9. The standard InChI is InChI=1S/C22H21BrClF2N5O2/c1-12-8-13(4-5-27-16-2-3-17(24)29-20(16)23)19-14(9-12)22(33)30(11-18(25)26)21-15(19)10-28-31(21)6-7-32/h2-3,8-10,18,27,32H,4-7,11H2,1H3. The Morgan fingerprint density at radius 2 is 2.06 bits per heavy atom. The van der Waals surface area contributed by atoms with Gasteiger partial charge < -0.3 is 10.4 Å². The van der Waals surface area contributed by atoms with E-state index in [2.05, 4.69) is 31.3 Å². The topological polar surface area (TPSA) is 85.0 Å². The SMILES string of the molecule is Cc1cc(CCNc2ccc(Cl)nc2Br)c2c(c1)c(=O)n(CC(F)F)c1c2cnn1CCO. The van der Waals surface area contributed by atoms with Crippen molar-refractivity contribution >= 4 is 55.0 Å². The van der Waals surface area contributed by atoms with Gasteiger partial charge in [-0.2, -0.15) is 5.10 Å². The Bertz CT molecular complexity index is 1390. The van der Waals surface area contributed by atoms with Crippen LogP contribution >= 0.6 is 27.5 Å². The Kier molecular flexibility index (Phi) is 6.96. The number of anilines is 1. The van der Waals surface area contributed by atoms with Gasteiger partial charge in [0.05, 0.1) is 31.6 Å². The summed E-state index contributed by atoms with van der Waals surface area (Å²) in [5, 5.41) is 19.0. The second kappa shape index (κ2) is 9.74. The molecule has 11 heteroatoms. The molecule has 0 aliphatic heterocycles. The summed E-state index contributed by atoms with van der Waals surface area (Å²) in [5.74, 6) is 0. The van der Waals surface area contributed by atoms with Crippen LogP contribution in [0.1, 0.15) is 11.1 Å². The van der Waals surface area contributed by atoms with Crippen molar-refractivity contribution in [1.29, 1.82) is 0 Å². The smallest absolute Gasteiger partial charge is 0.260 e. The quantitative estimate of drug-likeness (QED) is 0.324. The van der Waals surface area contributed by atoms with Gasteiger partial charge in [0.25, 0.3) is 12.0 Å². The summed E-state index contributed by atoms with van der Waals surface area (Å²) in [7, 11) is 0. The monoisotopic (exact) mass is 539 g/mol. The first-order valence-electron chi connectivity index (χ1n) is 10.3. The van der Waals surface area contributed by atoms with Crippen molar-refractivity contribution in [2.45, 2.75) is 32.9 Å². The predicted octanol–water partition coefficient (Wildman–Crippen LogP) is 4.38. The zero-order valence-electron chi connectivity index (χ0n) is 17.7. The average molecular weight is 541 g/mol. The summed E-state index contributed by atoms with van der Waals surface area (Å²) in [5.41, 5.74) is 2.31. The van der Waals surface area contributed by atoms with Gasteiger partial charge in [0, 0.05) is 22.7 Å². The Morgan fingerprint density at radius 3 is 2.76 bits per heavy atom. The molecular formula is C22H21BrClF2N5O2. The van der Waals surface area contributed by atoms with Crippen LogP contribution in [0.4, 0.5) is 14.5 Å². The molecule has 0 fully saturated rings. The minimum atomic E-state index is -2.71. The number of fused-ring (bicyclic) bond motifs is 3. The maximum atomic E-state index is 13.3. The summed E-state index contributed by atoms with van der Waals surface area (Å²) in [6.07, 6.45) is -0.576. The number of alkyl halides is 2. The van der Waals surface area contributed by atoms with Crippen LogP contribution in [0.15, 0.2) is 39.9 Å². The first-order chi connectivity index (χ1) is 15.8. The number of rotatable bonds is 8. The van der Waals surface area contributed by atoms with Crippen molar-refractivity contribution in [2.24, 2.45) is 0 Å². The number of halogens is 4. The molecule has 0 atom stereocenters. The van der Waals surface area contributed by atoms with Gasteiger partial charge in [-0.1, -0.05) is 23.2 Å². The third-order valence-corrected chi connectivity index (χ3v) is 6.15. The molecule has 0 aliphatic carbocycles. The van der Waals surface area contributed by atoms with Crippen molar-refractivity contribution in [3.63, 3.8) is 0 Å². The summed E-state index contributed by atoms with van der Waals surface area (Å²) in [6, 6.07) is 7.20. The zero-order valence-corrected chi connectivity index (χ0v) is 20.0. The molecule has 7 nitrogen and oxygen atoms in total. The molecule has 3 aromatic heterocycles. The molecule has 0 unspecified atom stereocenters. The van der Waals surface area contributed by atoms with Gasteiger partial charge in [-0.15, -0.1) is 0 Å². The van der Waals surface area contributed by atoms with Crippen LogP contribution in [0.2, 0.25) is 5.15 Å². The molecule has 0 saturated carbocycles. The minimum absolute atomic E-state index is 0.0953. The lowest BCUT2D eigenvalue weighted by Crippen LogP contribution is -2.26. The van der Waals surface area contributed by atoms with Crippen LogP contribution in [0.5, 0.6) is 0 Å². The Hall–Kier alpha value is -2.56. The first kappa shape index (κ1) is 23.6. The van der Waals surface area contributed by atoms with E-state index in [1.54, 1.807) is 18.3 Å². The van der Waals surface area contributed by atoms with Crippen LogP contribution in [0, 0.1) is 6.92 Å². The number of hydrogen-bond donors (Lipinski definition) is 2. The molecule has 33 heavy (non-hydrogen) atoms. The number of aryl methyl sites for hydroxylation is 1. The number of hydrogen-bond acceptors (Lipinski definition) is 5. The second-order valence-electron chi connectivity index (χ2n) is 7.63. The third-order valence-electron chi connectivity index (χ3n) is 5.33. The van der Waals surface area contributed by atoms with E-state index < -0.39 is 18.5 Å². The van der Waals surface area contributed by atoms with Crippen molar-refractivity contribution in [3.05, 3.63) is 61.7 Å². The second-order valence-corrected chi connectivity index (χ2v) is 8.77. The maximum absolute atomic E-state index is 13.3. The number of aliphatic hydroxyl groups is 1. The molecule has 2 N–H and O–H groups in total. The Morgan fingerprint density at radius 1 is 1.27 bits per heavy atom. The van der Waals surface area contributed by atoms with E-state index in [4.69, 9.17) is 11.6 Å². The Balaban J connectivity index is 1.82. The number of benzene rings is 1. The molecule has 174 valence electrons. The van der Waals surface area contributed by atoms with E-state index in [-0.39, 0.29) is 18.8 Å². The fraction of sp³-hybridized carbons (Fsp3) is 0.318. The van der Waals surface area contributed by atoms with Crippen molar-refractivity contribution in [3.8, 4) is 0 Å². The van der Waals surface area contributed by atoms with Gasteiger partial charge in [-0.25, -0.2) is 18.4 Å². The molecule has 0 saturated heterocycles. The summed E-state index contributed by atoms with van der Waals surface area (Å²) in [4.78, 5) is 17.4. The zero-order chi connectivity index (χ0) is 23.7. The van der Waals surface area contributed by atoms with Crippen molar-refractivity contribution in [2.75, 3.05) is 18.5 Å². The molecule has 0 spiro atoms. The van der Waals surface area contributed by atoms with Gasteiger partial charge in [0.1, 0.15) is 15.4 Å². The summed E-state index contributed by atoms with van der Waals surface area (Å²) < 4.78 is 29.7.